The van der Waals surface area contributed by atoms with E-state index in [1.807, 2.05) is 6.92 Å². The molecule has 2 aromatic rings. The van der Waals surface area contributed by atoms with E-state index in [4.69, 9.17) is 0 Å². The summed E-state index contributed by atoms with van der Waals surface area (Å²) in [5, 5.41) is 2.29. The van der Waals surface area contributed by atoms with Gasteiger partial charge >= 0.3 is 0 Å². The monoisotopic (exact) mass is 419 g/mol. The molecule has 2 N–H and O–H groups in total. The zero-order valence-corrected chi connectivity index (χ0v) is 17.0. The number of carbonyl (C=O) groups excluding carboxylic acids is 2. The Balaban J connectivity index is 1.85. The van der Waals surface area contributed by atoms with E-state index in [0.29, 0.717) is 25.1 Å². The quantitative estimate of drug-likeness (QED) is 0.751. The van der Waals surface area contributed by atoms with Crippen LogP contribution >= 0.6 is 0 Å². The molecule has 0 fully saturated rings. The number of aryl methyl sites for hydroxylation is 1. The molecule has 29 heavy (non-hydrogen) atoms. The van der Waals surface area contributed by atoms with E-state index in [0.717, 1.165) is 23.7 Å². The molecule has 0 radical (unpaired) electrons. The van der Waals surface area contributed by atoms with Gasteiger partial charge in [0.1, 0.15) is 5.82 Å². The first-order valence-electron chi connectivity index (χ1n) is 9.24. The molecule has 0 atom stereocenters. The minimum Gasteiger partial charge on any atom is -0.324 e. The number of fused-ring (bicyclic) bond motifs is 1. The highest BCUT2D eigenvalue weighted by Gasteiger charge is 2.24. The van der Waals surface area contributed by atoms with Crippen LogP contribution in [0.15, 0.2) is 41.3 Å². The van der Waals surface area contributed by atoms with Crippen molar-refractivity contribution in [3.05, 3.63) is 47.8 Å². The van der Waals surface area contributed by atoms with Crippen LogP contribution in [0.25, 0.3) is 0 Å². The van der Waals surface area contributed by atoms with Crippen molar-refractivity contribution in [3.63, 3.8) is 0 Å². The van der Waals surface area contributed by atoms with Gasteiger partial charge in [-0.1, -0.05) is 6.92 Å². The molecule has 2 aromatic carbocycles. The second kappa shape index (κ2) is 8.20. The first-order valence-corrected chi connectivity index (χ1v) is 10.7. The number of nitrogens with one attached hydrogen (secondary N) is 2. The van der Waals surface area contributed by atoms with E-state index in [2.05, 4.69) is 10.0 Å². The zero-order valence-electron chi connectivity index (χ0n) is 16.2. The molecule has 9 heteroatoms. The molecule has 7 nitrogen and oxygen atoms in total. The summed E-state index contributed by atoms with van der Waals surface area (Å²) < 4.78 is 41.8. The van der Waals surface area contributed by atoms with Crippen molar-refractivity contribution in [1.29, 1.82) is 0 Å². The molecule has 0 bridgehead atoms. The lowest BCUT2D eigenvalue weighted by atomic mass is 10.0. The topological polar surface area (TPSA) is 95.6 Å². The number of benzene rings is 2. The standard InChI is InChI=1S/C20H22FN3O4S/c1-3-10-24-19-8-5-15(11-14(19)4-9-20(24)26)23-29(27,28)16-6-7-18(17(21)12-16)22-13(2)25/h5-8,11-12,23H,3-4,9-10H2,1-2H3,(H,22,25). The zero-order chi connectivity index (χ0) is 21.2. The summed E-state index contributed by atoms with van der Waals surface area (Å²) in [5.74, 6) is -1.24. The molecule has 0 aliphatic carbocycles. The third-order valence-corrected chi connectivity index (χ3v) is 5.92. The van der Waals surface area contributed by atoms with Gasteiger partial charge in [-0.2, -0.15) is 0 Å². The maximum Gasteiger partial charge on any atom is 0.261 e. The highest BCUT2D eigenvalue weighted by molar-refractivity contribution is 7.92. The molecule has 0 saturated heterocycles. The maximum atomic E-state index is 14.1. The van der Waals surface area contributed by atoms with Gasteiger partial charge in [0.15, 0.2) is 0 Å². The largest absolute Gasteiger partial charge is 0.324 e. The third-order valence-electron chi connectivity index (χ3n) is 4.54. The molecule has 154 valence electrons. The Labute approximate surface area is 169 Å². The average Bonchev–Trinajstić information content (AvgIpc) is 2.65. The number of anilines is 3. The SMILES string of the molecule is CCCN1C(=O)CCc2cc(NS(=O)(=O)c3ccc(NC(C)=O)c(F)c3)ccc21. The Morgan fingerprint density at radius 1 is 1.17 bits per heavy atom. The Hall–Kier alpha value is -2.94. The molecule has 0 unspecified atom stereocenters. The van der Waals surface area contributed by atoms with Crippen LogP contribution in [0.5, 0.6) is 0 Å². The van der Waals surface area contributed by atoms with Gasteiger partial charge in [-0.25, -0.2) is 12.8 Å². The number of halogens is 1. The predicted octanol–water partition coefficient (Wildman–Crippen LogP) is 3.27. The number of sulfonamides is 1. The Bertz CT molecular complexity index is 1070. The van der Waals surface area contributed by atoms with Crippen molar-refractivity contribution >= 4 is 38.9 Å². The number of carbonyl (C=O) groups is 2. The van der Waals surface area contributed by atoms with E-state index in [1.54, 1.807) is 23.1 Å². The lowest BCUT2D eigenvalue weighted by Crippen LogP contribution is -2.35. The molecule has 1 heterocycles. The molecule has 0 aromatic heterocycles. The fourth-order valence-corrected chi connectivity index (χ4v) is 4.32. The van der Waals surface area contributed by atoms with Gasteiger partial charge in [-0.05, 0) is 54.8 Å². The summed E-state index contributed by atoms with van der Waals surface area (Å²) in [7, 11) is -4.03. The van der Waals surface area contributed by atoms with Gasteiger partial charge in [0.25, 0.3) is 10.0 Å². The first-order chi connectivity index (χ1) is 13.7. The van der Waals surface area contributed by atoms with Crippen molar-refractivity contribution in [2.75, 3.05) is 21.5 Å². The summed E-state index contributed by atoms with van der Waals surface area (Å²) in [4.78, 5) is 24.6. The number of rotatable bonds is 6. The second-order valence-electron chi connectivity index (χ2n) is 6.82. The molecule has 1 aliphatic rings. The number of amides is 2. The van der Waals surface area contributed by atoms with Crippen molar-refractivity contribution in [2.45, 2.75) is 38.0 Å². The third kappa shape index (κ3) is 4.56. The maximum absolute atomic E-state index is 14.1. The van der Waals surface area contributed by atoms with Crippen LogP contribution in [0, 0.1) is 5.82 Å². The predicted molar refractivity (Wildman–Crippen MR) is 109 cm³/mol. The summed E-state index contributed by atoms with van der Waals surface area (Å²) in [5.41, 5.74) is 1.91. The number of hydrogen-bond acceptors (Lipinski definition) is 4. The van der Waals surface area contributed by atoms with E-state index in [-0.39, 0.29) is 16.5 Å². The first kappa shape index (κ1) is 20.8. The molecule has 0 saturated carbocycles. The smallest absolute Gasteiger partial charge is 0.261 e. The fraction of sp³-hybridized carbons (Fsp3) is 0.300. The van der Waals surface area contributed by atoms with Crippen LogP contribution in [0.2, 0.25) is 0 Å². The second-order valence-corrected chi connectivity index (χ2v) is 8.50. The van der Waals surface area contributed by atoms with Crippen LogP contribution in [-0.4, -0.2) is 26.8 Å². The van der Waals surface area contributed by atoms with Crippen molar-refractivity contribution in [2.24, 2.45) is 0 Å². The molecule has 3 rings (SSSR count). The highest BCUT2D eigenvalue weighted by atomic mass is 32.2. The minimum atomic E-state index is -4.03. The lowest BCUT2D eigenvalue weighted by molar-refractivity contribution is -0.119. The highest BCUT2D eigenvalue weighted by Crippen LogP contribution is 2.31. The molecule has 0 spiro atoms. The number of hydrogen-bond donors (Lipinski definition) is 2. The Morgan fingerprint density at radius 3 is 2.59 bits per heavy atom. The van der Waals surface area contributed by atoms with Crippen molar-refractivity contribution in [3.8, 4) is 0 Å². The van der Waals surface area contributed by atoms with Crippen LogP contribution < -0.4 is 14.9 Å². The molecule has 1 aliphatic heterocycles. The molecular weight excluding hydrogens is 397 g/mol. The Morgan fingerprint density at radius 2 is 1.93 bits per heavy atom. The minimum absolute atomic E-state index is 0.0578. The van der Waals surface area contributed by atoms with Gasteiger partial charge in [0.05, 0.1) is 10.6 Å². The van der Waals surface area contributed by atoms with E-state index >= 15 is 0 Å². The molecule has 2 amide bonds. The molecular formula is C20H22FN3O4S. The van der Waals surface area contributed by atoms with Crippen LogP contribution in [0.1, 0.15) is 32.3 Å². The van der Waals surface area contributed by atoms with Gasteiger partial charge in [0.2, 0.25) is 11.8 Å². The summed E-state index contributed by atoms with van der Waals surface area (Å²) in [6, 6.07) is 8.28. The van der Waals surface area contributed by atoms with Gasteiger partial charge in [0, 0.05) is 31.3 Å². The fourth-order valence-electron chi connectivity index (χ4n) is 3.26. The Kier molecular flexibility index (Phi) is 5.88. The van der Waals surface area contributed by atoms with Crippen LogP contribution in [0.3, 0.4) is 0 Å². The number of nitrogens with zero attached hydrogens (tertiary/aromatic N) is 1. The van der Waals surface area contributed by atoms with Crippen LogP contribution in [0.4, 0.5) is 21.5 Å². The van der Waals surface area contributed by atoms with Crippen molar-refractivity contribution < 1.29 is 22.4 Å². The normalized spacial score (nSPS) is 13.8. The van der Waals surface area contributed by atoms with Crippen molar-refractivity contribution in [1.82, 2.24) is 0 Å². The van der Waals surface area contributed by atoms with E-state index in [1.165, 1.54) is 19.1 Å². The van der Waals surface area contributed by atoms with Crippen LogP contribution in [-0.2, 0) is 26.0 Å². The average molecular weight is 419 g/mol. The summed E-state index contributed by atoms with van der Waals surface area (Å²) in [6.45, 7) is 3.83. The lowest BCUT2D eigenvalue weighted by Gasteiger charge is -2.29. The van der Waals surface area contributed by atoms with Gasteiger partial charge in [-0.3, -0.25) is 14.3 Å². The summed E-state index contributed by atoms with van der Waals surface area (Å²) >= 11 is 0. The van der Waals surface area contributed by atoms with E-state index in [9.17, 15) is 22.4 Å². The summed E-state index contributed by atoms with van der Waals surface area (Å²) in [6.07, 6.45) is 1.72. The van der Waals surface area contributed by atoms with E-state index < -0.39 is 21.7 Å². The van der Waals surface area contributed by atoms with Gasteiger partial charge < -0.3 is 10.2 Å². The van der Waals surface area contributed by atoms with Gasteiger partial charge in [-0.15, -0.1) is 0 Å².